The molecule has 0 amide bonds. The van der Waals surface area contributed by atoms with Crippen LogP contribution in [-0.2, 0) is 0 Å². The first kappa shape index (κ1) is 13.3. The molecule has 0 radical (unpaired) electrons. The maximum atomic E-state index is 5.88. The van der Waals surface area contributed by atoms with Crippen LogP contribution in [0.3, 0.4) is 0 Å². The third-order valence-corrected chi connectivity index (χ3v) is 2.85. The van der Waals surface area contributed by atoms with Crippen molar-refractivity contribution in [2.75, 3.05) is 6.54 Å². The van der Waals surface area contributed by atoms with Crippen molar-refractivity contribution >= 4 is 11.6 Å². The van der Waals surface area contributed by atoms with Gasteiger partial charge in [0, 0.05) is 11.1 Å². The Morgan fingerprint density at radius 2 is 2.06 bits per heavy atom. The largest absolute Gasteiger partial charge is 0.310 e. The molecular formula is C14H20ClN. The summed E-state index contributed by atoms with van der Waals surface area (Å²) in [5, 5.41) is 4.33. The van der Waals surface area contributed by atoms with E-state index in [9.17, 15) is 0 Å². The van der Waals surface area contributed by atoms with Crippen LogP contribution in [0.15, 0.2) is 36.9 Å². The van der Waals surface area contributed by atoms with Crippen LogP contribution in [0.1, 0.15) is 37.8 Å². The van der Waals surface area contributed by atoms with Crippen LogP contribution in [0.25, 0.3) is 0 Å². The molecule has 0 heterocycles. The highest BCUT2D eigenvalue weighted by Crippen LogP contribution is 2.19. The molecule has 1 unspecified atom stereocenters. The van der Waals surface area contributed by atoms with Crippen LogP contribution >= 0.6 is 11.6 Å². The molecule has 1 aromatic carbocycles. The molecule has 0 saturated heterocycles. The highest BCUT2D eigenvalue weighted by atomic mass is 35.5. The molecule has 0 aliphatic rings. The van der Waals surface area contributed by atoms with E-state index in [4.69, 9.17) is 11.6 Å². The average Bonchev–Trinajstić information content (AvgIpc) is 2.29. The van der Waals surface area contributed by atoms with Gasteiger partial charge in [-0.05, 0) is 37.1 Å². The molecule has 1 N–H and O–H groups in total. The molecule has 16 heavy (non-hydrogen) atoms. The van der Waals surface area contributed by atoms with E-state index in [1.54, 1.807) is 0 Å². The molecule has 0 fully saturated rings. The van der Waals surface area contributed by atoms with Crippen molar-refractivity contribution in [3.05, 3.63) is 47.5 Å². The predicted octanol–water partition coefficient (Wildman–Crippen LogP) is 4.35. The van der Waals surface area contributed by atoms with Gasteiger partial charge in [0.15, 0.2) is 0 Å². The van der Waals surface area contributed by atoms with Gasteiger partial charge in [0.1, 0.15) is 0 Å². The standard InChI is InChI=1S/C14H20ClN/c1-3-5-11-16-14(6-4-2)12-7-9-13(15)10-8-12/h4,7-10,14,16H,2-3,5-6,11H2,1H3. The minimum Gasteiger partial charge on any atom is -0.310 e. The second-order valence-electron chi connectivity index (χ2n) is 3.94. The number of unbranched alkanes of at least 4 members (excludes halogenated alkanes) is 1. The van der Waals surface area contributed by atoms with Gasteiger partial charge in [0.2, 0.25) is 0 Å². The highest BCUT2D eigenvalue weighted by Gasteiger charge is 2.08. The van der Waals surface area contributed by atoms with Gasteiger partial charge in [-0.3, -0.25) is 0 Å². The van der Waals surface area contributed by atoms with E-state index in [1.165, 1.54) is 18.4 Å². The minimum atomic E-state index is 0.362. The van der Waals surface area contributed by atoms with Crippen molar-refractivity contribution in [2.24, 2.45) is 0 Å². The zero-order chi connectivity index (χ0) is 11.8. The molecular weight excluding hydrogens is 218 g/mol. The summed E-state index contributed by atoms with van der Waals surface area (Å²) >= 11 is 5.88. The monoisotopic (exact) mass is 237 g/mol. The lowest BCUT2D eigenvalue weighted by atomic mass is 10.0. The van der Waals surface area contributed by atoms with E-state index in [0.29, 0.717) is 6.04 Å². The Kier molecular flexibility index (Phi) is 6.20. The van der Waals surface area contributed by atoms with Gasteiger partial charge in [-0.25, -0.2) is 0 Å². The van der Waals surface area contributed by atoms with Crippen molar-refractivity contribution in [3.8, 4) is 0 Å². The lowest BCUT2D eigenvalue weighted by molar-refractivity contribution is 0.525. The Labute approximate surface area is 104 Å². The Morgan fingerprint density at radius 1 is 1.38 bits per heavy atom. The molecule has 1 rings (SSSR count). The summed E-state index contributed by atoms with van der Waals surface area (Å²) in [6.45, 7) is 7.06. The number of hydrogen-bond acceptors (Lipinski definition) is 1. The van der Waals surface area contributed by atoms with E-state index in [1.807, 2.05) is 18.2 Å². The lowest BCUT2D eigenvalue weighted by Crippen LogP contribution is -2.21. The normalized spacial score (nSPS) is 12.4. The molecule has 0 bridgehead atoms. The average molecular weight is 238 g/mol. The van der Waals surface area contributed by atoms with E-state index in [-0.39, 0.29) is 0 Å². The van der Waals surface area contributed by atoms with Crippen LogP contribution < -0.4 is 5.32 Å². The van der Waals surface area contributed by atoms with Crippen LogP contribution in [-0.4, -0.2) is 6.54 Å². The van der Waals surface area contributed by atoms with Crippen LogP contribution in [0.2, 0.25) is 5.02 Å². The van der Waals surface area contributed by atoms with Gasteiger partial charge < -0.3 is 5.32 Å². The van der Waals surface area contributed by atoms with Gasteiger partial charge in [-0.1, -0.05) is 43.2 Å². The van der Waals surface area contributed by atoms with Crippen molar-refractivity contribution in [1.29, 1.82) is 0 Å². The molecule has 0 aliphatic carbocycles. The number of halogens is 1. The number of nitrogens with one attached hydrogen (secondary N) is 1. The first-order valence-electron chi connectivity index (χ1n) is 5.87. The minimum absolute atomic E-state index is 0.362. The molecule has 1 nitrogen and oxygen atoms in total. The zero-order valence-electron chi connectivity index (χ0n) is 9.88. The Bertz CT molecular complexity index is 305. The van der Waals surface area contributed by atoms with E-state index in [2.05, 4.69) is 31.0 Å². The second-order valence-corrected chi connectivity index (χ2v) is 4.37. The summed E-state index contributed by atoms with van der Waals surface area (Å²) in [5.41, 5.74) is 1.28. The fourth-order valence-electron chi connectivity index (χ4n) is 1.65. The summed E-state index contributed by atoms with van der Waals surface area (Å²) in [5.74, 6) is 0. The summed E-state index contributed by atoms with van der Waals surface area (Å²) in [4.78, 5) is 0. The summed E-state index contributed by atoms with van der Waals surface area (Å²) in [6, 6.07) is 8.40. The molecule has 2 heteroatoms. The smallest absolute Gasteiger partial charge is 0.0406 e. The third kappa shape index (κ3) is 4.38. The highest BCUT2D eigenvalue weighted by molar-refractivity contribution is 6.30. The third-order valence-electron chi connectivity index (χ3n) is 2.60. The maximum Gasteiger partial charge on any atom is 0.0406 e. The Balaban J connectivity index is 2.61. The van der Waals surface area contributed by atoms with Crippen molar-refractivity contribution in [1.82, 2.24) is 5.32 Å². The first-order chi connectivity index (χ1) is 7.77. The van der Waals surface area contributed by atoms with Crippen LogP contribution in [0.4, 0.5) is 0 Å². The predicted molar refractivity (Wildman–Crippen MR) is 71.9 cm³/mol. The quantitative estimate of drug-likeness (QED) is 0.549. The molecule has 0 spiro atoms. The zero-order valence-corrected chi connectivity index (χ0v) is 10.6. The van der Waals surface area contributed by atoms with E-state index >= 15 is 0 Å². The first-order valence-corrected chi connectivity index (χ1v) is 6.25. The number of hydrogen-bond donors (Lipinski definition) is 1. The Morgan fingerprint density at radius 3 is 2.62 bits per heavy atom. The van der Waals surface area contributed by atoms with E-state index < -0.39 is 0 Å². The number of rotatable bonds is 7. The molecule has 1 atom stereocenters. The van der Waals surface area contributed by atoms with Gasteiger partial charge in [0.05, 0.1) is 0 Å². The molecule has 0 aromatic heterocycles. The summed E-state index contributed by atoms with van der Waals surface area (Å²) < 4.78 is 0. The fraction of sp³-hybridized carbons (Fsp3) is 0.429. The van der Waals surface area contributed by atoms with Gasteiger partial charge in [-0.2, -0.15) is 0 Å². The van der Waals surface area contributed by atoms with Crippen LogP contribution in [0, 0.1) is 0 Å². The lowest BCUT2D eigenvalue weighted by Gasteiger charge is -2.17. The molecule has 0 aliphatic heterocycles. The Hall–Kier alpha value is -0.790. The van der Waals surface area contributed by atoms with Gasteiger partial charge in [-0.15, -0.1) is 6.58 Å². The van der Waals surface area contributed by atoms with Gasteiger partial charge in [0.25, 0.3) is 0 Å². The van der Waals surface area contributed by atoms with Gasteiger partial charge >= 0.3 is 0 Å². The fourth-order valence-corrected chi connectivity index (χ4v) is 1.78. The van der Waals surface area contributed by atoms with Crippen LogP contribution in [0.5, 0.6) is 0 Å². The molecule has 88 valence electrons. The van der Waals surface area contributed by atoms with Crippen molar-refractivity contribution < 1.29 is 0 Å². The second kappa shape index (κ2) is 7.48. The summed E-state index contributed by atoms with van der Waals surface area (Å²) in [7, 11) is 0. The number of benzene rings is 1. The molecule has 0 saturated carbocycles. The molecule has 1 aromatic rings. The topological polar surface area (TPSA) is 12.0 Å². The SMILES string of the molecule is C=CCC(NCCCC)c1ccc(Cl)cc1. The maximum absolute atomic E-state index is 5.88. The van der Waals surface area contributed by atoms with Crippen molar-refractivity contribution in [2.45, 2.75) is 32.2 Å². The van der Waals surface area contributed by atoms with Crippen molar-refractivity contribution in [3.63, 3.8) is 0 Å². The summed E-state index contributed by atoms with van der Waals surface area (Å²) in [6.07, 6.45) is 5.33. The van der Waals surface area contributed by atoms with E-state index in [0.717, 1.165) is 18.0 Å².